The summed E-state index contributed by atoms with van der Waals surface area (Å²) in [5.41, 5.74) is 8.98. The minimum Gasteiger partial charge on any atom is -0.465 e. The minimum absolute atomic E-state index is 0.123. The Hall–Kier alpha value is -5.07. The maximum atomic E-state index is 11.6. The summed E-state index contributed by atoms with van der Waals surface area (Å²) in [6.45, 7) is 0.562. The van der Waals surface area contributed by atoms with Crippen LogP contribution in [0.3, 0.4) is 0 Å². The van der Waals surface area contributed by atoms with Crippen molar-refractivity contribution in [3.63, 3.8) is 0 Å². The third-order valence-electron chi connectivity index (χ3n) is 6.90. The Kier molecular flexibility index (Phi) is 9.98. The Bertz CT molecular complexity index is 1320. The zero-order chi connectivity index (χ0) is 30.0. The molecule has 0 aliphatic carbocycles. The molecule has 0 aliphatic heterocycles. The number of nitrogens with one attached hydrogen (secondary N) is 3. The third-order valence-corrected chi connectivity index (χ3v) is 6.90. The first kappa shape index (κ1) is 29.9. The maximum absolute atomic E-state index is 11.6. The second-order valence-corrected chi connectivity index (χ2v) is 9.49. The highest BCUT2D eigenvalue weighted by atomic mass is 16.4. The van der Waals surface area contributed by atoms with Crippen LogP contribution >= 0.6 is 0 Å². The number of hydrogen-bond acceptors (Lipinski definition) is 7. The fraction of sp³-hybridized carbons (Fsp3) is 0.233. The number of nitrogen functional groups attached to an aromatic ring is 1. The molecule has 1 heterocycles. The molecule has 0 saturated heterocycles. The van der Waals surface area contributed by atoms with Crippen molar-refractivity contribution in [2.24, 2.45) is 0 Å². The zero-order valence-electron chi connectivity index (χ0n) is 22.9. The second-order valence-electron chi connectivity index (χ2n) is 9.49. The molecule has 1 aromatic heterocycles. The number of nitrogens with zero attached hydrogens (tertiary/aromatic N) is 3. The number of aromatic nitrogens is 2. The number of anilines is 2. The quantitative estimate of drug-likeness (QED) is 0.0678. The van der Waals surface area contributed by atoms with Gasteiger partial charge in [0.1, 0.15) is 11.5 Å². The molecule has 0 aliphatic rings. The van der Waals surface area contributed by atoms with E-state index >= 15 is 0 Å². The molecule has 0 atom stereocenters. The molecule has 220 valence electrons. The summed E-state index contributed by atoms with van der Waals surface area (Å²) in [7, 11) is 0. The first-order valence-corrected chi connectivity index (χ1v) is 13.5. The smallest absolute Gasteiger partial charge is 0.407 e. The van der Waals surface area contributed by atoms with Crippen molar-refractivity contribution >= 4 is 23.7 Å². The van der Waals surface area contributed by atoms with Gasteiger partial charge in [0.15, 0.2) is 6.29 Å². The topological polar surface area (TPSA) is 178 Å². The largest absolute Gasteiger partial charge is 0.465 e. The van der Waals surface area contributed by atoms with Crippen LogP contribution in [0, 0.1) is 0 Å². The number of amides is 2. The summed E-state index contributed by atoms with van der Waals surface area (Å²) in [6, 6.07) is 30.3. The van der Waals surface area contributed by atoms with Crippen LogP contribution in [0.1, 0.15) is 23.1 Å². The van der Waals surface area contributed by atoms with Crippen LogP contribution in [0.4, 0.5) is 21.1 Å². The molecule has 42 heavy (non-hydrogen) atoms. The Balaban J connectivity index is 1.67. The molecule has 12 heteroatoms. The van der Waals surface area contributed by atoms with Crippen LogP contribution in [0.2, 0.25) is 0 Å². The van der Waals surface area contributed by atoms with Gasteiger partial charge in [0.25, 0.3) is 0 Å². The highest BCUT2D eigenvalue weighted by Crippen LogP contribution is 2.36. The Labute approximate surface area is 243 Å². The number of hydrogen-bond donors (Lipinski definition) is 7. The summed E-state index contributed by atoms with van der Waals surface area (Å²) in [6.07, 6.45) is -2.32. The predicted molar refractivity (Wildman–Crippen MR) is 159 cm³/mol. The van der Waals surface area contributed by atoms with Gasteiger partial charge in [0.2, 0.25) is 0 Å². The average molecular weight is 574 g/mol. The lowest BCUT2D eigenvalue weighted by Crippen LogP contribution is -2.58. The van der Waals surface area contributed by atoms with Gasteiger partial charge >= 0.3 is 12.2 Å². The van der Waals surface area contributed by atoms with E-state index in [4.69, 9.17) is 5.73 Å². The standard InChI is InChI=1S/C30H35N7O5/c31-26-25(21-33-37(26)19-20-38)36(27(34-28(39)40)35-29(41)42)18-10-17-32-30(22-11-4-1-5-12-22,23-13-6-2-7-14-23)24-15-8-3-9-16-24/h1-9,11-16,21,27,32,34-35,38H,10,17-20,31H2,(H,39,40)(H,41,42). The van der Waals surface area contributed by atoms with Crippen LogP contribution in [0.5, 0.6) is 0 Å². The maximum Gasteiger partial charge on any atom is 0.407 e. The van der Waals surface area contributed by atoms with Gasteiger partial charge in [0, 0.05) is 6.54 Å². The van der Waals surface area contributed by atoms with Crippen molar-refractivity contribution in [2.75, 3.05) is 30.3 Å². The average Bonchev–Trinajstić information content (AvgIpc) is 3.35. The van der Waals surface area contributed by atoms with Crippen LogP contribution in [-0.2, 0) is 12.1 Å². The van der Waals surface area contributed by atoms with Gasteiger partial charge in [-0.1, -0.05) is 91.0 Å². The first-order valence-electron chi connectivity index (χ1n) is 13.5. The molecule has 0 spiro atoms. The number of aliphatic hydroxyl groups is 1. The van der Waals surface area contributed by atoms with E-state index in [9.17, 15) is 24.9 Å². The molecule has 4 aromatic rings. The number of nitrogens with two attached hydrogens (primary N) is 1. The van der Waals surface area contributed by atoms with Gasteiger partial charge < -0.3 is 26.0 Å². The molecule has 12 nitrogen and oxygen atoms in total. The SMILES string of the molecule is Nc1c(N(CCCNC(c2ccccc2)(c2ccccc2)c2ccccc2)C(NC(=O)O)NC(=O)O)cnn1CCO. The fourth-order valence-corrected chi connectivity index (χ4v) is 5.09. The fourth-order valence-electron chi connectivity index (χ4n) is 5.09. The third kappa shape index (κ3) is 6.79. The number of carbonyl (C=O) groups is 2. The van der Waals surface area contributed by atoms with Crippen LogP contribution in [0.15, 0.2) is 97.2 Å². The van der Waals surface area contributed by atoms with Gasteiger partial charge in [-0.25, -0.2) is 14.3 Å². The highest BCUT2D eigenvalue weighted by Gasteiger charge is 2.36. The molecule has 0 bridgehead atoms. The van der Waals surface area contributed by atoms with Crippen molar-refractivity contribution in [3.8, 4) is 0 Å². The van der Waals surface area contributed by atoms with E-state index in [0.717, 1.165) is 16.7 Å². The van der Waals surface area contributed by atoms with Crippen molar-refractivity contribution < 1.29 is 24.9 Å². The second kappa shape index (κ2) is 14.0. The van der Waals surface area contributed by atoms with Gasteiger partial charge in [-0.3, -0.25) is 16.0 Å². The first-order chi connectivity index (χ1) is 20.4. The van der Waals surface area contributed by atoms with Crippen molar-refractivity contribution in [1.82, 2.24) is 25.7 Å². The molecule has 2 amide bonds. The Morgan fingerprint density at radius 2 is 1.33 bits per heavy atom. The lowest BCUT2D eigenvalue weighted by molar-refractivity contribution is 0.175. The molecular weight excluding hydrogens is 538 g/mol. The van der Waals surface area contributed by atoms with E-state index in [-0.39, 0.29) is 25.5 Å². The monoisotopic (exact) mass is 573 g/mol. The summed E-state index contributed by atoms with van der Waals surface area (Å²) < 4.78 is 1.37. The Morgan fingerprint density at radius 3 is 1.76 bits per heavy atom. The number of rotatable bonds is 14. The Morgan fingerprint density at radius 1 is 0.857 bits per heavy atom. The summed E-state index contributed by atoms with van der Waals surface area (Å²) in [5, 5.41) is 40.6. The van der Waals surface area contributed by atoms with Crippen LogP contribution in [-0.4, -0.2) is 63.3 Å². The molecular formula is C30H35N7O5. The molecule has 3 aromatic carbocycles. The molecule has 8 N–H and O–H groups in total. The molecule has 0 fully saturated rings. The minimum atomic E-state index is -1.42. The summed E-state index contributed by atoms with van der Waals surface area (Å²) in [5.74, 6) is 0.161. The number of aliphatic hydroxyl groups excluding tert-OH is 1. The lowest BCUT2D eigenvalue weighted by atomic mass is 9.77. The summed E-state index contributed by atoms with van der Waals surface area (Å²) >= 11 is 0. The highest BCUT2D eigenvalue weighted by molar-refractivity contribution is 5.71. The summed E-state index contributed by atoms with van der Waals surface area (Å²) in [4.78, 5) is 24.7. The van der Waals surface area contributed by atoms with Crippen molar-refractivity contribution in [3.05, 3.63) is 114 Å². The van der Waals surface area contributed by atoms with Crippen LogP contribution in [0.25, 0.3) is 0 Å². The lowest BCUT2D eigenvalue weighted by Gasteiger charge is -2.38. The van der Waals surface area contributed by atoms with Crippen molar-refractivity contribution in [1.29, 1.82) is 0 Å². The van der Waals surface area contributed by atoms with Gasteiger partial charge in [-0.05, 0) is 29.7 Å². The van der Waals surface area contributed by atoms with E-state index in [1.807, 2.05) is 54.6 Å². The van der Waals surface area contributed by atoms with E-state index in [2.05, 4.69) is 57.4 Å². The van der Waals surface area contributed by atoms with Crippen LogP contribution < -0.4 is 26.6 Å². The van der Waals surface area contributed by atoms with Gasteiger partial charge in [0.05, 0.1) is 24.9 Å². The van der Waals surface area contributed by atoms with E-state index in [0.29, 0.717) is 18.7 Å². The molecule has 0 saturated carbocycles. The van der Waals surface area contributed by atoms with E-state index in [1.165, 1.54) is 15.8 Å². The van der Waals surface area contributed by atoms with E-state index < -0.39 is 24.0 Å². The molecule has 0 unspecified atom stereocenters. The molecule has 4 rings (SSSR count). The van der Waals surface area contributed by atoms with Gasteiger partial charge in [-0.15, -0.1) is 0 Å². The zero-order valence-corrected chi connectivity index (χ0v) is 22.9. The van der Waals surface area contributed by atoms with Crippen molar-refractivity contribution in [2.45, 2.75) is 24.8 Å². The number of benzene rings is 3. The molecule has 0 radical (unpaired) electrons. The predicted octanol–water partition coefficient (Wildman–Crippen LogP) is 3.05. The van der Waals surface area contributed by atoms with E-state index in [1.54, 1.807) is 0 Å². The normalized spacial score (nSPS) is 11.3. The number of carboxylic acid groups (broad SMARTS) is 2. The van der Waals surface area contributed by atoms with Gasteiger partial charge in [-0.2, -0.15) is 5.10 Å².